The number of hydrogen-bond donors (Lipinski definition) is 1. The molecule has 1 aromatic rings. The number of anilines is 1. The van der Waals surface area contributed by atoms with E-state index in [1.54, 1.807) is 6.92 Å². The average molecular weight is 254 g/mol. The minimum absolute atomic E-state index is 0.321. The summed E-state index contributed by atoms with van der Waals surface area (Å²) in [5.74, 6) is -0.131. The van der Waals surface area contributed by atoms with Gasteiger partial charge in [-0.2, -0.15) is 0 Å². The predicted molar refractivity (Wildman–Crippen MR) is 70.0 cm³/mol. The van der Waals surface area contributed by atoms with Crippen molar-refractivity contribution in [3.05, 3.63) is 29.3 Å². The summed E-state index contributed by atoms with van der Waals surface area (Å²) >= 11 is 0. The number of aryl methyl sites for hydroxylation is 1. The summed E-state index contributed by atoms with van der Waals surface area (Å²) in [6.07, 6.45) is 1.03. The molecular formula is C14H20F2N2. The maximum Gasteiger partial charge on any atom is 0.146 e. The quantitative estimate of drug-likeness (QED) is 0.888. The molecule has 0 aliphatic carbocycles. The van der Waals surface area contributed by atoms with Crippen LogP contribution in [0.2, 0.25) is 0 Å². The van der Waals surface area contributed by atoms with Crippen LogP contribution in [0.25, 0.3) is 0 Å². The van der Waals surface area contributed by atoms with E-state index in [-0.39, 0.29) is 11.6 Å². The van der Waals surface area contributed by atoms with Gasteiger partial charge >= 0.3 is 0 Å². The summed E-state index contributed by atoms with van der Waals surface area (Å²) in [6.45, 7) is 7.15. The minimum Gasteiger partial charge on any atom is -0.369 e. The number of halogens is 2. The molecule has 0 amide bonds. The Labute approximate surface area is 107 Å². The Hall–Kier alpha value is -1.16. The molecule has 1 atom stereocenters. The number of benzene rings is 1. The monoisotopic (exact) mass is 254 g/mol. The lowest BCUT2D eigenvalue weighted by Crippen LogP contribution is -2.26. The molecule has 2 nitrogen and oxygen atoms in total. The van der Waals surface area contributed by atoms with Crippen LogP contribution in [-0.2, 0) is 0 Å². The van der Waals surface area contributed by atoms with Gasteiger partial charge in [-0.3, -0.25) is 0 Å². The zero-order valence-corrected chi connectivity index (χ0v) is 11.0. The van der Waals surface area contributed by atoms with Gasteiger partial charge < -0.3 is 10.2 Å². The van der Waals surface area contributed by atoms with Crippen LogP contribution >= 0.6 is 0 Å². The van der Waals surface area contributed by atoms with Crippen molar-refractivity contribution in [3.63, 3.8) is 0 Å². The highest BCUT2D eigenvalue weighted by atomic mass is 19.1. The van der Waals surface area contributed by atoms with Crippen LogP contribution in [0.5, 0.6) is 0 Å². The Morgan fingerprint density at radius 2 is 2.11 bits per heavy atom. The smallest absolute Gasteiger partial charge is 0.146 e. The van der Waals surface area contributed by atoms with Gasteiger partial charge in [-0.25, -0.2) is 8.78 Å². The molecular weight excluding hydrogens is 234 g/mol. The van der Waals surface area contributed by atoms with Crippen molar-refractivity contribution in [2.45, 2.75) is 20.3 Å². The number of nitrogens with one attached hydrogen (secondary N) is 1. The molecule has 1 saturated heterocycles. The Balaban J connectivity index is 2.07. The Kier molecular flexibility index (Phi) is 4.17. The SMILES string of the molecule is CCNCC1CCN(c2cc(F)c(C)cc2F)C1. The van der Waals surface area contributed by atoms with Crippen molar-refractivity contribution in [3.8, 4) is 0 Å². The summed E-state index contributed by atoms with van der Waals surface area (Å²) in [6, 6.07) is 2.60. The first-order valence-electron chi connectivity index (χ1n) is 6.53. The molecule has 1 unspecified atom stereocenters. The van der Waals surface area contributed by atoms with Gasteiger partial charge in [0.2, 0.25) is 0 Å². The molecule has 18 heavy (non-hydrogen) atoms. The van der Waals surface area contributed by atoms with Crippen molar-refractivity contribution in [2.24, 2.45) is 5.92 Å². The van der Waals surface area contributed by atoms with Crippen LogP contribution < -0.4 is 10.2 Å². The van der Waals surface area contributed by atoms with Crippen molar-refractivity contribution in [1.82, 2.24) is 5.32 Å². The second kappa shape index (κ2) is 5.65. The molecule has 0 spiro atoms. The van der Waals surface area contributed by atoms with E-state index in [0.29, 0.717) is 17.2 Å². The van der Waals surface area contributed by atoms with Gasteiger partial charge in [-0.05, 0) is 44.0 Å². The van der Waals surface area contributed by atoms with Crippen molar-refractivity contribution < 1.29 is 8.78 Å². The maximum absolute atomic E-state index is 13.8. The van der Waals surface area contributed by atoms with Crippen LogP contribution in [0.3, 0.4) is 0 Å². The van der Waals surface area contributed by atoms with Crippen LogP contribution in [0.1, 0.15) is 18.9 Å². The molecule has 1 heterocycles. The van der Waals surface area contributed by atoms with Crippen molar-refractivity contribution in [2.75, 3.05) is 31.1 Å². The summed E-state index contributed by atoms with van der Waals surface area (Å²) < 4.78 is 27.3. The Bertz CT molecular complexity index is 421. The van der Waals surface area contributed by atoms with E-state index in [1.165, 1.54) is 12.1 Å². The highest BCUT2D eigenvalue weighted by molar-refractivity contribution is 5.50. The third kappa shape index (κ3) is 2.80. The number of rotatable bonds is 4. The summed E-state index contributed by atoms with van der Waals surface area (Å²) in [5, 5.41) is 3.30. The lowest BCUT2D eigenvalue weighted by atomic mass is 10.1. The van der Waals surface area contributed by atoms with Crippen LogP contribution in [-0.4, -0.2) is 26.2 Å². The van der Waals surface area contributed by atoms with Gasteiger partial charge in [0.1, 0.15) is 11.6 Å². The largest absolute Gasteiger partial charge is 0.369 e. The molecule has 4 heteroatoms. The molecule has 100 valence electrons. The Morgan fingerprint density at radius 3 is 2.83 bits per heavy atom. The number of hydrogen-bond acceptors (Lipinski definition) is 2. The van der Waals surface area contributed by atoms with Crippen LogP contribution in [0.4, 0.5) is 14.5 Å². The van der Waals surface area contributed by atoms with E-state index in [1.807, 2.05) is 4.90 Å². The van der Waals surface area contributed by atoms with Crippen molar-refractivity contribution in [1.29, 1.82) is 0 Å². The molecule has 1 aromatic carbocycles. The van der Waals surface area contributed by atoms with Gasteiger partial charge in [-0.15, -0.1) is 0 Å². The molecule has 0 saturated carbocycles. The van der Waals surface area contributed by atoms with E-state index >= 15 is 0 Å². The van der Waals surface area contributed by atoms with Gasteiger partial charge in [-0.1, -0.05) is 6.92 Å². The van der Waals surface area contributed by atoms with Crippen LogP contribution in [0.15, 0.2) is 12.1 Å². The third-order valence-corrected chi connectivity index (χ3v) is 3.54. The highest BCUT2D eigenvalue weighted by Gasteiger charge is 2.24. The Morgan fingerprint density at radius 1 is 1.33 bits per heavy atom. The zero-order chi connectivity index (χ0) is 13.1. The van der Waals surface area contributed by atoms with Gasteiger partial charge in [0.05, 0.1) is 5.69 Å². The first-order valence-corrected chi connectivity index (χ1v) is 6.53. The fraction of sp³-hybridized carbons (Fsp3) is 0.571. The number of nitrogens with zero attached hydrogens (tertiary/aromatic N) is 1. The van der Waals surface area contributed by atoms with E-state index in [4.69, 9.17) is 0 Å². The van der Waals surface area contributed by atoms with E-state index in [0.717, 1.165) is 32.6 Å². The fourth-order valence-electron chi connectivity index (χ4n) is 2.44. The van der Waals surface area contributed by atoms with E-state index in [2.05, 4.69) is 12.2 Å². The second-order valence-corrected chi connectivity index (χ2v) is 4.96. The third-order valence-electron chi connectivity index (χ3n) is 3.54. The minimum atomic E-state index is -0.332. The van der Waals surface area contributed by atoms with E-state index in [9.17, 15) is 8.78 Å². The van der Waals surface area contributed by atoms with Gasteiger partial charge in [0.25, 0.3) is 0 Å². The molecule has 1 aliphatic heterocycles. The first-order chi connectivity index (χ1) is 8.61. The lowest BCUT2D eigenvalue weighted by Gasteiger charge is -2.20. The molecule has 1 fully saturated rings. The summed E-state index contributed by atoms with van der Waals surface area (Å²) in [4.78, 5) is 1.94. The fourth-order valence-corrected chi connectivity index (χ4v) is 2.44. The molecule has 0 aromatic heterocycles. The van der Waals surface area contributed by atoms with Crippen LogP contribution in [0, 0.1) is 24.5 Å². The van der Waals surface area contributed by atoms with Crippen molar-refractivity contribution >= 4 is 5.69 Å². The first kappa shape index (κ1) is 13.3. The molecule has 1 aliphatic rings. The lowest BCUT2D eigenvalue weighted by molar-refractivity contribution is 0.526. The summed E-state index contributed by atoms with van der Waals surface area (Å²) in [5.41, 5.74) is 0.761. The molecule has 2 rings (SSSR count). The zero-order valence-electron chi connectivity index (χ0n) is 11.0. The molecule has 0 bridgehead atoms. The topological polar surface area (TPSA) is 15.3 Å². The second-order valence-electron chi connectivity index (χ2n) is 4.96. The standard InChI is InChI=1S/C14H20F2N2/c1-3-17-8-11-4-5-18(9-11)14-7-12(15)10(2)6-13(14)16/h6-7,11,17H,3-5,8-9H2,1-2H3. The van der Waals surface area contributed by atoms with E-state index < -0.39 is 0 Å². The highest BCUT2D eigenvalue weighted by Crippen LogP contribution is 2.28. The normalized spacial score (nSPS) is 19.6. The van der Waals surface area contributed by atoms with Gasteiger partial charge in [0.15, 0.2) is 0 Å². The average Bonchev–Trinajstić information content (AvgIpc) is 2.79. The predicted octanol–water partition coefficient (Wildman–Crippen LogP) is 2.71. The van der Waals surface area contributed by atoms with Gasteiger partial charge in [0, 0.05) is 19.2 Å². The maximum atomic E-state index is 13.8. The molecule has 0 radical (unpaired) electrons. The molecule has 1 N–H and O–H groups in total. The summed E-state index contributed by atoms with van der Waals surface area (Å²) in [7, 11) is 0.